The van der Waals surface area contributed by atoms with Crippen molar-refractivity contribution in [1.29, 1.82) is 0 Å². The van der Waals surface area contributed by atoms with E-state index < -0.39 is 5.82 Å². The molecule has 0 radical (unpaired) electrons. The molecule has 5 heteroatoms. The van der Waals surface area contributed by atoms with Crippen molar-refractivity contribution >= 4 is 23.2 Å². The van der Waals surface area contributed by atoms with Crippen LogP contribution in [0.3, 0.4) is 0 Å². The Balaban J connectivity index is 2.07. The van der Waals surface area contributed by atoms with Gasteiger partial charge in [-0.05, 0) is 29.3 Å². The molecule has 0 saturated carbocycles. The highest BCUT2D eigenvalue weighted by molar-refractivity contribution is 6.30. The zero-order valence-corrected chi connectivity index (χ0v) is 11.5. The van der Waals surface area contributed by atoms with E-state index in [1.54, 1.807) is 6.07 Å². The number of hydrogen-bond acceptors (Lipinski definition) is 2. The lowest BCUT2D eigenvalue weighted by atomic mass is 10.0. The summed E-state index contributed by atoms with van der Waals surface area (Å²) in [6.45, 7) is 0.374. The van der Waals surface area contributed by atoms with Crippen molar-refractivity contribution in [2.45, 2.75) is 13.0 Å². The summed E-state index contributed by atoms with van der Waals surface area (Å²) in [6.07, 6.45) is 0.192. The van der Waals surface area contributed by atoms with Crippen molar-refractivity contribution in [1.82, 2.24) is 0 Å². The molecule has 3 nitrogen and oxygen atoms in total. The third-order valence-electron chi connectivity index (χ3n) is 2.89. The molecule has 1 amide bonds. The molecule has 2 aromatic rings. The van der Waals surface area contributed by atoms with E-state index in [4.69, 9.17) is 17.3 Å². The highest BCUT2D eigenvalue weighted by Crippen LogP contribution is 2.19. The van der Waals surface area contributed by atoms with Crippen molar-refractivity contribution in [2.24, 2.45) is 5.73 Å². The second kappa shape index (κ2) is 6.50. The smallest absolute Gasteiger partial charge is 0.228 e. The summed E-state index contributed by atoms with van der Waals surface area (Å²) in [5.74, 6) is -0.792. The molecule has 3 N–H and O–H groups in total. The third kappa shape index (κ3) is 3.56. The van der Waals surface area contributed by atoms with Gasteiger partial charge in [-0.1, -0.05) is 35.9 Å². The number of nitrogens with one attached hydrogen (secondary N) is 1. The Bertz CT molecular complexity index is 631. The zero-order chi connectivity index (χ0) is 14.5. The lowest BCUT2D eigenvalue weighted by Gasteiger charge is -2.09. The Hall–Kier alpha value is -1.91. The number of rotatable bonds is 4. The maximum absolute atomic E-state index is 13.3. The fraction of sp³-hybridized carbons (Fsp3) is 0.133. The molecule has 2 aromatic carbocycles. The molecule has 0 saturated heterocycles. The summed E-state index contributed by atoms with van der Waals surface area (Å²) in [7, 11) is 0. The fourth-order valence-corrected chi connectivity index (χ4v) is 2.00. The average molecular weight is 293 g/mol. The first-order valence-electron chi connectivity index (χ1n) is 6.12. The van der Waals surface area contributed by atoms with Gasteiger partial charge in [0.05, 0.1) is 11.4 Å². The molecule has 0 spiro atoms. The maximum Gasteiger partial charge on any atom is 0.228 e. The number of hydrogen-bond donors (Lipinski definition) is 2. The molecular formula is C15H14ClFN2O. The molecule has 2 rings (SSSR count). The molecule has 0 aromatic heterocycles. The summed E-state index contributed by atoms with van der Waals surface area (Å²) in [4.78, 5) is 11.9. The normalized spacial score (nSPS) is 10.3. The highest BCUT2D eigenvalue weighted by atomic mass is 35.5. The molecule has 104 valence electrons. The highest BCUT2D eigenvalue weighted by Gasteiger charge is 2.08. The number of anilines is 1. The van der Waals surface area contributed by atoms with Crippen LogP contribution in [-0.4, -0.2) is 5.91 Å². The van der Waals surface area contributed by atoms with Gasteiger partial charge in [0.15, 0.2) is 0 Å². The standard InChI is InChI=1S/C15H14ClFN2O/c16-13-6-5-12(8-14(13)17)19-15(20)7-10-3-1-2-4-11(10)9-18/h1-6,8H,7,9,18H2,(H,19,20). The lowest BCUT2D eigenvalue weighted by Crippen LogP contribution is -2.16. The first-order chi connectivity index (χ1) is 9.60. The van der Waals surface area contributed by atoms with E-state index in [1.807, 2.05) is 24.3 Å². The Morgan fingerprint density at radius 1 is 1.20 bits per heavy atom. The van der Waals surface area contributed by atoms with E-state index >= 15 is 0 Å². The van der Waals surface area contributed by atoms with Gasteiger partial charge >= 0.3 is 0 Å². The summed E-state index contributed by atoms with van der Waals surface area (Å²) in [5, 5.41) is 2.66. The van der Waals surface area contributed by atoms with Crippen molar-refractivity contribution in [3.8, 4) is 0 Å². The van der Waals surface area contributed by atoms with E-state index in [0.29, 0.717) is 12.2 Å². The molecule has 0 fully saturated rings. The van der Waals surface area contributed by atoms with Gasteiger partial charge in [0.2, 0.25) is 5.91 Å². The van der Waals surface area contributed by atoms with Gasteiger partial charge in [0.25, 0.3) is 0 Å². The van der Waals surface area contributed by atoms with Crippen molar-refractivity contribution < 1.29 is 9.18 Å². The zero-order valence-electron chi connectivity index (χ0n) is 10.7. The molecule has 20 heavy (non-hydrogen) atoms. The van der Waals surface area contributed by atoms with Crippen LogP contribution in [0.2, 0.25) is 5.02 Å². The second-order valence-electron chi connectivity index (χ2n) is 4.33. The van der Waals surface area contributed by atoms with Crippen LogP contribution in [0.15, 0.2) is 42.5 Å². The number of nitrogens with two attached hydrogens (primary N) is 1. The molecule has 0 aliphatic carbocycles. The Labute approximate surface area is 121 Å². The van der Waals surface area contributed by atoms with E-state index in [0.717, 1.165) is 11.1 Å². The molecule has 0 unspecified atom stereocenters. The molecule has 0 bridgehead atoms. The van der Waals surface area contributed by atoms with Crippen LogP contribution in [0.4, 0.5) is 10.1 Å². The Morgan fingerprint density at radius 3 is 2.55 bits per heavy atom. The molecule has 0 aliphatic rings. The van der Waals surface area contributed by atoms with Gasteiger partial charge in [-0.3, -0.25) is 4.79 Å². The molecular weight excluding hydrogens is 279 g/mol. The second-order valence-corrected chi connectivity index (χ2v) is 4.73. The van der Waals surface area contributed by atoms with Gasteiger partial charge in [0, 0.05) is 12.2 Å². The minimum atomic E-state index is -0.563. The molecule has 0 atom stereocenters. The van der Waals surface area contributed by atoms with Crippen LogP contribution >= 0.6 is 11.6 Å². The maximum atomic E-state index is 13.3. The summed E-state index contributed by atoms with van der Waals surface area (Å²) >= 11 is 5.58. The number of amides is 1. The minimum Gasteiger partial charge on any atom is -0.326 e. The summed E-state index contributed by atoms with van der Waals surface area (Å²) in [5.41, 5.74) is 7.78. The summed E-state index contributed by atoms with van der Waals surface area (Å²) < 4.78 is 13.3. The van der Waals surface area contributed by atoms with Crippen LogP contribution in [-0.2, 0) is 17.8 Å². The number of halogens is 2. The number of benzene rings is 2. The SMILES string of the molecule is NCc1ccccc1CC(=O)Nc1ccc(Cl)c(F)c1. The first kappa shape index (κ1) is 14.5. The fourth-order valence-electron chi connectivity index (χ4n) is 1.88. The van der Waals surface area contributed by atoms with Gasteiger partial charge in [-0.15, -0.1) is 0 Å². The predicted molar refractivity (Wildman–Crippen MR) is 78.1 cm³/mol. The first-order valence-corrected chi connectivity index (χ1v) is 6.49. The van der Waals surface area contributed by atoms with Gasteiger partial charge < -0.3 is 11.1 Å². The van der Waals surface area contributed by atoms with Crippen molar-refractivity contribution in [3.63, 3.8) is 0 Å². The van der Waals surface area contributed by atoms with E-state index in [2.05, 4.69) is 5.32 Å². The van der Waals surface area contributed by atoms with E-state index in [1.165, 1.54) is 12.1 Å². The third-order valence-corrected chi connectivity index (χ3v) is 3.20. The minimum absolute atomic E-state index is 0.0245. The number of carbonyl (C=O) groups is 1. The largest absolute Gasteiger partial charge is 0.326 e. The predicted octanol–water partition coefficient (Wildman–Crippen LogP) is 3.12. The lowest BCUT2D eigenvalue weighted by molar-refractivity contribution is -0.115. The van der Waals surface area contributed by atoms with Crippen molar-refractivity contribution in [2.75, 3.05) is 5.32 Å². The Kier molecular flexibility index (Phi) is 4.71. The van der Waals surface area contributed by atoms with Gasteiger partial charge in [-0.2, -0.15) is 0 Å². The van der Waals surface area contributed by atoms with Crippen LogP contribution < -0.4 is 11.1 Å². The van der Waals surface area contributed by atoms with Crippen LogP contribution in [0.25, 0.3) is 0 Å². The van der Waals surface area contributed by atoms with E-state index in [9.17, 15) is 9.18 Å². The van der Waals surface area contributed by atoms with Gasteiger partial charge in [-0.25, -0.2) is 4.39 Å². The van der Waals surface area contributed by atoms with Gasteiger partial charge in [0.1, 0.15) is 5.82 Å². The van der Waals surface area contributed by atoms with E-state index in [-0.39, 0.29) is 17.4 Å². The van der Waals surface area contributed by atoms with Crippen LogP contribution in [0.1, 0.15) is 11.1 Å². The van der Waals surface area contributed by atoms with Crippen LogP contribution in [0, 0.1) is 5.82 Å². The number of carbonyl (C=O) groups excluding carboxylic acids is 1. The van der Waals surface area contributed by atoms with Crippen LogP contribution in [0.5, 0.6) is 0 Å². The summed E-state index contributed by atoms with van der Waals surface area (Å²) in [6, 6.07) is 11.6. The quantitative estimate of drug-likeness (QED) is 0.910. The monoisotopic (exact) mass is 292 g/mol. The average Bonchev–Trinajstić information content (AvgIpc) is 2.43. The molecule has 0 aliphatic heterocycles. The molecule has 0 heterocycles. The topological polar surface area (TPSA) is 55.1 Å². The van der Waals surface area contributed by atoms with Crippen molar-refractivity contribution in [3.05, 3.63) is 64.4 Å². The Morgan fingerprint density at radius 2 is 1.90 bits per heavy atom.